The summed E-state index contributed by atoms with van der Waals surface area (Å²) in [7, 11) is 0. The lowest BCUT2D eigenvalue weighted by molar-refractivity contribution is 0.198. The van der Waals surface area contributed by atoms with E-state index in [1.165, 1.54) is 5.57 Å². The van der Waals surface area contributed by atoms with E-state index in [2.05, 4.69) is 34.4 Å². The van der Waals surface area contributed by atoms with Crippen molar-refractivity contribution in [2.45, 2.75) is 27.2 Å². The Kier molecular flexibility index (Phi) is 6.50. The van der Waals surface area contributed by atoms with E-state index >= 15 is 0 Å². The maximum Gasteiger partial charge on any atom is 0.321 e. The number of aromatic nitrogens is 2. The zero-order chi connectivity index (χ0) is 22.5. The van der Waals surface area contributed by atoms with E-state index in [-0.39, 0.29) is 11.9 Å². The number of aryl methyl sites for hydroxylation is 2. The van der Waals surface area contributed by atoms with Gasteiger partial charge in [0.2, 0.25) is 0 Å². The number of benzene rings is 1. The Balaban J connectivity index is 1.39. The zero-order valence-electron chi connectivity index (χ0n) is 18.7. The first-order chi connectivity index (χ1) is 15.5. The lowest BCUT2D eigenvalue weighted by Gasteiger charge is -2.33. The van der Waals surface area contributed by atoms with Gasteiger partial charge in [-0.15, -0.1) is 0 Å². The molecule has 1 unspecified atom stereocenters. The van der Waals surface area contributed by atoms with Crippen molar-refractivity contribution in [2.75, 3.05) is 18.4 Å². The van der Waals surface area contributed by atoms with Gasteiger partial charge in [0.05, 0.1) is 18.1 Å². The third kappa shape index (κ3) is 5.52. The fourth-order valence-electron chi connectivity index (χ4n) is 3.81. The molecular weight excluding hydrogens is 400 g/mol. The molecule has 1 aliphatic rings. The smallest absolute Gasteiger partial charge is 0.321 e. The van der Waals surface area contributed by atoms with Gasteiger partial charge in [-0.2, -0.15) is 0 Å². The highest BCUT2D eigenvalue weighted by Gasteiger charge is 2.24. The highest BCUT2D eigenvalue weighted by atomic mass is 16.5. The number of anilines is 1. The van der Waals surface area contributed by atoms with Crippen molar-refractivity contribution in [3.63, 3.8) is 0 Å². The van der Waals surface area contributed by atoms with Gasteiger partial charge in [-0.25, -0.2) is 4.79 Å². The van der Waals surface area contributed by atoms with Crippen molar-refractivity contribution in [1.29, 1.82) is 0 Å². The minimum absolute atomic E-state index is 0.0783. The number of pyridine rings is 2. The molecule has 1 N–H and O–H groups in total. The first-order valence-electron chi connectivity index (χ1n) is 10.8. The van der Waals surface area contributed by atoms with Crippen LogP contribution >= 0.6 is 0 Å². The van der Waals surface area contributed by atoms with Crippen LogP contribution < -0.4 is 10.1 Å². The molecule has 1 aliphatic heterocycles. The molecule has 0 saturated carbocycles. The van der Waals surface area contributed by atoms with Gasteiger partial charge >= 0.3 is 6.03 Å². The van der Waals surface area contributed by atoms with Gasteiger partial charge in [0.15, 0.2) is 0 Å². The van der Waals surface area contributed by atoms with E-state index in [1.54, 1.807) is 18.6 Å². The molecule has 4 rings (SSSR count). The predicted octanol–water partition coefficient (Wildman–Crippen LogP) is 5.84. The number of likely N-dealkylation sites (tertiary alicyclic amines) is 1. The van der Waals surface area contributed by atoms with Gasteiger partial charge in [0.25, 0.3) is 0 Å². The highest BCUT2D eigenvalue weighted by molar-refractivity contribution is 5.89. The minimum Gasteiger partial charge on any atom is -0.456 e. The largest absolute Gasteiger partial charge is 0.456 e. The molecule has 164 valence electrons. The highest BCUT2D eigenvalue weighted by Crippen LogP contribution is 2.28. The molecule has 1 fully saturated rings. The topological polar surface area (TPSA) is 67.4 Å². The number of carbonyl (C=O) groups is 1. The Hall–Kier alpha value is -3.67. The van der Waals surface area contributed by atoms with Crippen LogP contribution in [0.1, 0.15) is 30.2 Å². The lowest BCUT2D eigenvalue weighted by Crippen LogP contribution is -2.42. The van der Waals surface area contributed by atoms with Gasteiger partial charge in [0, 0.05) is 25.0 Å². The summed E-state index contributed by atoms with van der Waals surface area (Å²) in [5.41, 5.74) is 5.13. The third-order valence-corrected chi connectivity index (χ3v) is 5.54. The van der Waals surface area contributed by atoms with Crippen LogP contribution in [0.15, 0.2) is 66.6 Å². The molecule has 6 heteroatoms. The molecular formula is C26H28N4O2. The maximum absolute atomic E-state index is 12.7. The molecule has 0 spiro atoms. The van der Waals surface area contributed by atoms with Crippen molar-refractivity contribution >= 4 is 17.8 Å². The Bertz CT molecular complexity index is 1120. The van der Waals surface area contributed by atoms with Crippen molar-refractivity contribution in [3.8, 4) is 11.5 Å². The summed E-state index contributed by atoms with van der Waals surface area (Å²) < 4.78 is 5.95. The number of hydrogen-bond acceptors (Lipinski definition) is 4. The molecule has 1 atom stereocenters. The molecule has 0 aliphatic carbocycles. The van der Waals surface area contributed by atoms with Crippen molar-refractivity contribution in [1.82, 2.24) is 14.9 Å². The fourth-order valence-corrected chi connectivity index (χ4v) is 3.81. The average molecular weight is 429 g/mol. The van der Waals surface area contributed by atoms with Crippen LogP contribution in [-0.2, 0) is 0 Å². The second-order valence-electron chi connectivity index (χ2n) is 8.31. The Morgan fingerprint density at radius 2 is 2.00 bits per heavy atom. The number of carbonyl (C=O) groups excluding carboxylic acids is 1. The monoisotopic (exact) mass is 428 g/mol. The molecule has 2 amide bonds. The Morgan fingerprint density at radius 1 is 1.12 bits per heavy atom. The maximum atomic E-state index is 12.7. The van der Waals surface area contributed by atoms with E-state index < -0.39 is 0 Å². The van der Waals surface area contributed by atoms with Crippen LogP contribution in [0.4, 0.5) is 10.5 Å². The minimum atomic E-state index is -0.0783. The SMILES string of the molecule is Cc1cncc(NC(=O)N2CC/C(=C\c3cccc(Oc4ccc(C)nc4)c3)C(C)C2)c1. The molecule has 1 aromatic carbocycles. The number of nitrogens with one attached hydrogen (secondary N) is 1. The van der Waals surface area contributed by atoms with E-state index in [4.69, 9.17) is 4.74 Å². The number of amides is 2. The summed E-state index contributed by atoms with van der Waals surface area (Å²) >= 11 is 0. The third-order valence-electron chi connectivity index (χ3n) is 5.54. The normalized spacial score (nSPS) is 17.3. The van der Waals surface area contributed by atoms with E-state index in [0.717, 1.165) is 40.4 Å². The molecule has 3 heterocycles. The summed E-state index contributed by atoms with van der Waals surface area (Å²) in [6, 6.07) is 13.7. The second kappa shape index (κ2) is 9.64. The molecule has 2 aromatic heterocycles. The second-order valence-corrected chi connectivity index (χ2v) is 8.31. The van der Waals surface area contributed by atoms with E-state index in [9.17, 15) is 4.79 Å². The number of urea groups is 1. The van der Waals surface area contributed by atoms with Gasteiger partial charge in [0.1, 0.15) is 11.5 Å². The van der Waals surface area contributed by atoms with Crippen LogP contribution in [-0.4, -0.2) is 34.0 Å². The van der Waals surface area contributed by atoms with Crippen molar-refractivity contribution < 1.29 is 9.53 Å². The summed E-state index contributed by atoms with van der Waals surface area (Å²) in [6.07, 6.45) is 8.23. The number of piperidine rings is 1. The van der Waals surface area contributed by atoms with Crippen LogP contribution in [0.5, 0.6) is 11.5 Å². The van der Waals surface area contributed by atoms with E-state index in [1.807, 2.05) is 55.1 Å². The molecule has 1 saturated heterocycles. The summed E-state index contributed by atoms with van der Waals surface area (Å²) in [5.74, 6) is 1.77. The standard InChI is InChI=1S/C26H28N4O2/c1-18-11-23(15-27-14-18)29-26(31)30-10-9-22(19(2)17-30)12-21-5-4-6-24(13-21)32-25-8-7-20(3)28-16-25/h4-8,11-16,19H,9-10,17H2,1-3H3,(H,29,31)/b22-12+. The number of rotatable bonds is 4. The number of nitrogens with zero attached hydrogens (tertiary/aromatic N) is 3. The number of hydrogen-bond donors (Lipinski definition) is 1. The van der Waals surface area contributed by atoms with E-state index in [0.29, 0.717) is 13.1 Å². The van der Waals surface area contributed by atoms with Crippen LogP contribution in [0.25, 0.3) is 6.08 Å². The molecule has 32 heavy (non-hydrogen) atoms. The quantitative estimate of drug-likeness (QED) is 0.567. The summed E-state index contributed by atoms with van der Waals surface area (Å²) in [4.78, 5) is 23.0. The van der Waals surface area contributed by atoms with Crippen molar-refractivity contribution in [3.05, 3.63) is 83.4 Å². The zero-order valence-corrected chi connectivity index (χ0v) is 18.7. The van der Waals surface area contributed by atoms with Gasteiger partial charge in [-0.3, -0.25) is 9.97 Å². The Morgan fingerprint density at radius 3 is 2.75 bits per heavy atom. The summed E-state index contributed by atoms with van der Waals surface area (Å²) in [5, 5.41) is 2.96. The first-order valence-corrected chi connectivity index (χ1v) is 10.8. The lowest BCUT2D eigenvalue weighted by atomic mass is 9.91. The molecule has 6 nitrogen and oxygen atoms in total. The fraction of sp³-hybridized carbons (Fsp3) is 0.269. The molecule has 3 aromatic rings. The average Bonchev–Trinajstić information content (AvgIpc) is 2.77. The number of ether oxygens (including phenoxy) is 1. The van der Waals surface area contributed by atoms with Gasteiger partial charge in [-0.05, 0) is 67.6 Å². The van der Waals surface area contributed by atoms with Crippen LogP contribution in [0, 0.1) is 19.8 Å². The van der Waals surface area contributed by atoms with Gasteiger partial charge in [-0.1, -0.05) is 30.7 Å². The van der Waals surface area contributed by atoms with Crippen LogP contribution in [0.2, 0.25) is 0 Å². The molecule has 0 bridgehead atoms. The van der Waals surface area contributed by atoms with Crippen molar-refractivity contribution in [2.24, 2.45) is 5.92 Å². The van der Waals surface area contributed by atoms with Crippen LogP contribution in [0.3, 0.4) is 0 Å². The first kappa shape index (κ1) is 21.6. The molecule has 0 radical (unpaired) electrons. The van der Waals surface area contributed by atoms with Gasteiger partial charge < -0.3 is 15.0 Å². The predicted molar refractivity (Wildman–Crippen MR) is 127 cm³/mol. The Labute approximate surface area is 189 Å². The summed E-state index contributed by atoms with van der Waals surface area (Å²) in [6.45, 7) is 7.44.